The standard InChI is InChI=1S/C14H12Cl2N2O3S/c15-8-4-5-9(10(16)6-8)11-7-22-14(17-11)18-12(19)2-1-3-13(20)21/h4-7H,1-3H2,(H,20,21)(H,17,18,19)/p-1. The summed E-state index contributed by atoms with van der Waals surface area (Å²) < 4.78 is 0. The van der Waals surface area contributed by atoms with E-state index in [1.54, 1.807) is 23.6 Å². The van der Waals surface area contributed by atoms with Crippen molar-refractivity contribution in [2.75, 3.05) is 5.32 Å². The van der Waals surface area contributed by atoms with Crippen LogP contribution in [0, 0.1) is 0 Å². The smallest absolute Gasteiger partial charge is 0.226 e. The van der Waals surface area contributed by atoms with Gasteiger partial charge in [-0.25, -0.2) is 4.98 Å². The molecule has 8 heteroatoms. The van der Waals surface area contributed by atoms with Crippen LogP contribution in [0.25, 0.3) is 11.3 Å². The molecular weight excluding hydrogens is 347 g/mol. The number of carboxylic acids is 1. The molecule has 1 N–H and O–H groups in total. The first-order valence-electron chi connectivity index (χ1n) is 6.36. The van der Waals surface area contributed by atoms with Crippen molar-refractivity contribution in [3.05, 3.63) is 33.6 Å². The Bertz CT molecular complexity index is 703. The number of benzene rings is 1. The second-order valence-corrected chi connectivity index (χ2v) is 6.14. The number of hydrogen-bond acceptors (Lipinski definition) is 5. The summed E-state index contributed by atoms with van der Waals surface area (Å²) in [5.41, 5.74) is 1.36. The van der Waals surface area contributed by atoms with Gasteiger partial charge in [0.15, 0.2) is 5.13 Å². The first-order chi connectivity index (χ1) is 10.5. The predicted molar refractivity (Wildman–Crippen MR) is 85.1 cm³/mol. The number of nitrogens with one attached hydrogen (secondary N) is 1. The second kappa shape index (κ2) is 7.58. The van der Waals surface area contributed by atoms with Crippen LogP contribution in [0.3, 0.4) is 0 Å². The Kier molecular flexibility index (Phi) is 5.76. The highest BCUT2D eigenvalue weighted by molar-refractivity contribution is 7.14. The average molecular weight is 358 g/mol. The summed E-state index contributed by atoms with van der Waals surface area (Å²) in [6, 6.07) is 5.08. The van der Waals surface area contributed by atoms with Gasteiger partial charge in [-0.3, -0.25) is 4.79 Å². The van der Waals surface area contributed by atoms with Gasteiger partial charge in [-0.1, -0.05) is 23.2 Å². The van der Waals surface area contributed by atoms with Crippen molar-refractivity contribution in [3.8, 4) is 11.3 Å². The van der Waals surface area contributed by atoms with Crippen LogP contribution in [0.15, 0.2) is 23.6 Å². The van der Waals surface area contributed by atoms with Crippen molar-refractivity contribution in [2.24, 2.45) is 0 Å². The molecule has 0 radical (unpaired) electrons. The van der Waals surface area contributed by atoms with E-state index in [9.17, 15) is 14.7 Å². The van der Waals surface area contributed by atoms with Crippen LogP contribution in [-0.4, -0.2) is 16.9 Å². The van der Waals surface area contributed by atoms with Gasteiger partial charge in [0.05, 0.1) is 10.7 Å². The zero-order chi connectivity index (χ0) is 16.1. The normalized spacial score (nSPS) is 10.5. The third-order valence-corrected chi connectivity index (χ3v) is 4.05. The van der Waals surface area contributed by atoms with Gasteiger partial charge >= 0.3 is 0 Å². The number of amides is 1. The van der Waals surface area contributed by atoms with Crippen molar-refractivity contribution in [2.45, 2.75) is 19.3 Å². The maximum Gasteiger partial charge on any atom is 0.226 e. The minimum absolute atomic E-state index is 0.102. The number of aliphatic carboxylic acids is 1. The van der Waals surface area contributed by atoms with E-state index in [4.69, 9.17) is 23.2 Å². The Labute approximate surface area is 140 Å². The van der Waals surface area contributed by atoms with Crippen molar-refractivity contribution < 1.29 is 14.7 Å². The van der Waals surface area contributed by atoms with Crippen LogP contribution in [0.4, 0.5) is 5.13 Å². The van der Waals surface area contributed by atoms with Crippen LogP contribution in [0.2, 0.25) is 10.0 Å². The van der Waals surface area contributed by atoms with Crippen molar-refractivity contribution >= 4 is 51.5 Å². The van der Waals surface area contributed by atoms with Crippen molar-refractivity contribution in [3.63, 3.8) is 0 Å². The number of aromatic nitrogens is 1. The molecule has 0 saturated carbocycles. The number of anilines is 1. The molecule has 0 aliphatic heterocycles. The van der Waals surface area contributed by atoms with Crippen LogP contribution in [-0.2, 0) is 9.59 Å². The summed E-state index contributed by atoms with van der Waals surface area (Å²) in [4.78, 5) is 26.2. The molecule has 2 rings (SSSR count). The molecule has 0 atom stereocenters. The van der Waals surface area contributed by atoms with Crippen LogP contribution < -0.4 is 10.4 Å². The van der Waals surface area contributed by atoms with Crippen molar-refractivity contribution in [1.82, 2.24) is 4.98 Å². The molecule has 0 aliphatic rings. The van der Waals surface area contributed by atoms with Gasteiger partial charge in [0.2, 0.25) is 5.91 Å². The number of halogens is 2. The zero-order valence-electron chi connectivity index (χ0n) is 11.3. The number of hydrogen-bond donors (Lipinski definition) is 1. The maximum atomic E-state index is 11.7. The molecule has 116 valence electrons. The Morgan fingerprint density at radius 3 is 2.73 bits per heavy atom. The largest absolute Gasteiger partial charge is 0.550 e. The highest BCUT2D eigenvalue weighted by Gasteiger charge is 2.10. The monoisotopic (exact) mass is 357 g/mol. The Morgan fingerprint density at radius 1 is 1.27 bits per heavy atom. The molecule has 1 heterocycles. The van der Waals surface area contributed by atoms with Crippen LogP contribution >= 0.6 is 34.5 Å². The number of rotatable bonds is 6. The molecular formula is C14H11Cl2N2O3S-. The van der Waals surface area contributed by atoms with Gasteiger partial charge in [-0.15, -0.1) is 11.3 Å². The minimum Gasteiger partial charge on any atom is -0.550 e. The lowest BCUT2D eigenvalue weighted by Gasteiger charge is -2.03. The number of thiazole rings is 1. The molecule has 0 bridgehead atoms. The first kappa shape index (κ1) is 16.7. The molecule has 2 aromatic rings. The molecule has 0 unspecified atom stereocenters. The zero-order valence-corrected chi connectivity index (χ0v) is 13.6. The number of carbonyl (C=O) groups excluding carboxylic acids is 2. The lowest BCUT2D eigenvalue weighted by Crippen LogP contribution is -2.22. The summed E-state index contributed by atoms with van der Waals surface area (Å²) >= 11 is 13.2. The molecule has 5 nitrogen and oxygen atoms in total. The third kappa shape index (κ3) is 4.69. The van der Waals surface area contributed by atoms with Gasteiger partial charge < -0.3 is 15.2 Å². The van der Waals surface area contributed by atoms with E-state index < -0.39 is 5.97 Å². The predicted octanol–water partition coefficient (Wildman–Crippen LogP) is 2.98. The topological polar surface area (TPSA) is 82.1 Å². The van der Waals surface area contributed by atoms with Crippen LogP contribution in [0.5, 0.6) is 0 Å². The van der Waals surface area contributed by atoms with E-state index in [-0.39, 0.29) is 25.2 Å². The van der Waals surface area contributed by atoms with E-state index in [1.807, 2.05) is 0 Å². The molecule has 22 heavy (non-hydrogen) atoms. The summed E-state index contributed by atoms with van der Waals surface area (Å²) in [5.74, 6) is -1.45. The van der Waals surface area contributed by atoms with Gasteiger partial charge in [-0.2, -0.15) is 0 Å². The SMILES string of the molecule is O=C([O-])CCCC(=O)Nc1nc(-c2ccc(Cl)cc2Cl)cs1. The average Bonchev–Trinajstić information content (AvgIpc) is 2.86. The lowest BCUT2D eigenvalue weighted by molar-refractivity contribution is -0.305. The van der Waals surface area contributed by atoms with E-state index in [1.165, 1.54) is 11.3 Å². The molecule has 1 amide bonds. The summed E-state index contributed by atoms with van der Waals surface area (Å²) in [6.45, 7) is 0. The Morgan fingerprint density at radius 2 is 2.05 bits per heavy atom. The fraction of sp³-hybridized carbons (Fsp3) is 0.214. The molecule has 1 aromatic heterocycles. The second-order valence-electron chi connectivity index (χ2n) is 4.44. The molecule has 0 aliphatic carbocycles. The molecule has 0 fully saturated rings. The minimum atomic E-state index is -1.17. The summed E-state index contributed by atoms with van der Waals surface area (Å²) in [5, 5.41) is 16.1. The number of nitrogens with zero attached hydrogens (tertiary/aromatic N) is 1. The number of carbonyl (C=O) groups is 2. The summed E-state index contributed by atoms with van der Waals surface area (Å²) in [6.07, 6.45) is 0.191. The van der Waals surface area contributed by atoms with Gasteiger partial charge in [0.25, 0.3) is 0 Å². The fourth-order valence-corrected chi connectivity index (χ4v) is 2.96. The molecule has 0 saturated heterocycles. The van der Waals surface area contributed by atoms with Gasteiger partial charge in [0.1, 0.15) is 0 Å². The highest BCUT2D eigenvalue weighted by atomic mass is 35.5. The molecule has 1 aromatic carbocycles. The lowest BCUT2D eigenvalue weighted by atomic mass is 10.2. The maximum absolute atomic E-state index is 11.7. The summed E-state index contributed by atoms with van der Waals surface area (Å²) in [7, 11) is 0. The molecule has 0 spiro atoms. The Hall–Kier alpha value is -1.63. The van der Waals surface area contributed by atoms with Gasteiger partial charge in [-0.05, 0) is 31.0 Å². The van der Waals surface area contributed by atoms with Crippen LogP contribution in [0.1, 0.15) is 19.3 Å². The first-order valence-corrected chi connectivity index (χ1v) is 8.00. The van der Waals surface area contributed by atoms with E-state index in [0.29, 0.717) is 20.9 Å². The van der Waals surface area contributed by atoms with E-state index >= 15 is 0 Å². The third-order valence-electron chi connectivity index (χ3n) is 2.74. The van der Waals surface area contributed by atoms with E-state index in [2.05, 4.69) is 10.3 Å². The fourth-order valence-electron chi connectivity index (χ4n) is 1.73. The quantitative estimate of drug-likeness (QED) is 0.861. The Balaban J connectivity index is 1.99. The van der Waals surface area contributed by atoms with E-state index in [0.717, 1.165) is 5.56 Å². The number of carboxylic acid groups (broad SMARTS) is 1. The highest BCUT2D eigenvalue weighted by Crippen LogP contribution is 2.32. The van der Waals surface area contributed by atoms with Gasteiger partial charge in [0, 0.05) is 28.4 Å². The van der Waals surface area contributed by atoms with Crippen molar-refractivity contribution in [1.29, 1.82) is 0 Å².